The van der Waals surface area contributed by atoms with Gasteiger partial charge in [0.15, 0.2) is 0 Å². The molecular weight excluding hydrogens is 272 g/mol. The predicted molar refractivity (Wildman–Crippen MR) is 75.9 cm³/mol. The molecule has 0 radical (unpaired) electrons. The maximum atomic E-state index is 12.3. The van der Waals surface area contributed by atoms with E-state index in [4.69, 9.17) is 4.74 Å². The van der Waals surface area contributed by atoms with Crippen LogP contribution in [0.1, 0.15) is 24.2 Å². The van der Waals surface area contributed by atoms with E-state index in [1.54, 1.807) is 34.1 Å². The molecule has 1 heterocycles. The van der Waals surface area contributed by atoms with Crippen molar-refractivity contribution >= 4 is 17.8 Å². The minimum Gasteiger partial charge on any atom is -0.427 e. The first-order chi connectivity index (χ1) is 9.97. The van der Waals surface area contributed by atoms with E-state index in [1.165, 1.54) is 13.8 Å². The highest BCUT2D eigenvalue weighted by atomic mass is 16.5. The maximum absolute atomic E-state index is 12.3. The summed E-state index contributed by atoms with van der Waals surface area (Å²) in [5, 5.41) is 0. The van der Waals surface area contributed by atoms with Crippen LogP contribution in [-0.4, -0.2) is 53.8 Å². The average molecular weight is 290 g/mol. The number of carbonyl (C=O) groups is 3. The Morgan fingerprint density at radius 2 is 1.43 bits per heavy atom. The molecule has 1 aliphatic rings. The highest BCUT2D eigenvalue weighted by Crippen LogP contribution is 2.15. The van der Waals surface area contributed by atoms with E-state index in [1.807, 2.05) is 0 Å². The Morgan fingerprint density at radius 3 is 1.90 bits per heavy atom. The molecule has 112 valence electrons. The Labute approximate surface area is 123 Å². The summed E-state index contributed by atoms with van der Waals surface area (Å²) in [6.07, 6.45) is 0. The van der Waals surface area contributed by atoms with Crippen LogP contribution < -0.4 is 4.74 Å². The van der Waals surface area contributed by atoms with E-state index in [9.17, 15) is 14.4 Å². The second kappa shape index (κ2) is 6.39. The lowest BCUT2D eigenvalue weighted by molar-refractivity contribution is -0.132. The van der Waals surface area contributed by atoms with Crippen molar-refractivity contribution in [3.05, 3.63) is 29.8 Å². The third-order valence-electron chi connectivity index (χ3n) is 3.38. The number of carbonyl (C=O) groups excluding carboxylic acids is 3. The van der Waals surface area contributed by atoms with Crippen molar-refractivity contribution in [2.24, 2.45) is 0 Å². The molecule has 0 aliphatic carbocycles. The van der Waals surface area contributed by atoms with Gasteiger partial charge in [-0.1, -0.05) is 0 Å². The fourth-order valence-corrected chi connectivity index (χ4v) is 2.24. The van der Waals surface area contributed by atoms with Gasteiger partial charge in [-0.15, -0.1) is 0 Å². The third-order valence-corrected chi connectivity index (χ3v) is 3.38. The number of hydrogen-bond acceptors (Lipinski definition) is 4. The summed E-state index contributed by atoms with van der Waals surface area (Å²) in [5.74, 6) is -0.0182. The molecule has 21 heavy (non-hydrogen) atoms. The Kier molecular flexibility index (Phi) is 4.57. The van der Waals surface area contributed by atoms with Crippen LogP contribution in [0.2, 0.25) is 0 Å². The normalized spacial score (nSPS) is 14.8. The molecule has 0 spiro atoms. The van der Waals surface area contributed by atoms with Crippen LogP contribution in [-0.2, 0) is 9.59 Å². The van der Waals surface area contributed by atoms with Crippen LogP contribution in [0.5, 0.6) is 5.75 Å². The molecule has 1 fully saturated rings. The van der Waals surface area contributed by atoms with Crippen LogP contribution in [0.4, 0.5) is 0 Å². The molecule has 6 heteroatoms. The number of amides is 2. The van der Waals surface area contributed by atoms with Gasteiger partial charge in [0.25, 0.3) is 5.91 Å². The molecule has 0 unspecified atom stereocenters. The molecule has 0 bridgehead atoms. The number of ether oxygens (including phenoxy) is 1. The lowest BCUT2D eigenvalue weighted by atomic mass is 10.1. The second-order valence-electron chi connectivity index (χ2n) is 4.92. The Hall–Kier alpha value is -2.37. The zero-order valence-corrected chi connectivity index (χ0v) is 12.2. The van der Waals surface area contributed by atoms with E-state index < -0.39 is 5.97 Å². The number of piperazine rings is 1. The van der Waals surface area contributed by atoms with Crippen LogP contribution in [0, 0.1) is 0 Å². The number of esters is 1. The largest absolute Gasteiger partial charge is 0.427 e. The zero-order valence-electron chi connectivity index (χ0n) is 12.2. The first kappa shape index (κ1) is 15.0. The topological polar surface area (TPSA) is 66.9 Å². The molecule has 1 aromatic carbocycles. The van der Waals surface area contributed by atoms with Gasteiger partial charge in [0.2, 0.25) is 5.91 Å². The second-order valence-corrected chi connectivity index (χ2v) is 4.92. The molecular formula is C15H18N2O4. The first-order valence-electron chi connectivity index (χ1n) is 6.80. The van der Waals surface area contributed by atoms with Crippen LogP contribution in [0.3, 0.4) is 0 Å². The summed E-state index contributed by atoms with van der Waals surface area (Å²) in [6, 6.07) is 6.47. The van der Waals surface area contributed by atoms with Crippen molar-refractivity contribution in [2.75, 3.05) is 26.2 Å². The van der Waals surface area contributed by atoms with Crippen molar-refractivity contribution in [1.82, 2.24) is 9.80 Å². The Bertz CT molecular complexity index is 545. The van der Waals surface area contributed by atoms with Gasteiger partial charge in [-0.05, 0) is 24.3 Å². The molecule has 0 aromatic heterocycles. The molecule has 0 saturated carbocycles. The van der Waals surface area contributed by atoms with Crippen molar-refractivity contribution < 1.29 is 19.1 Å². The lowest BCUT2D eigenvalue weighted by Crippen LogP contribution is -2.50. The molecule has 0 N–H and O–H groups in total. The van der Waals surface area contributed by atoms with Gasteiger partial charge < -0.3 is 14.5 Å². The first-order valence-corrected chi connectivity index (χ1v) is 6.80. The van der Waals surface area contributed by atoms with Gasteiger partial charge in [-0.25, -0.2) is 0 Å². The summed E-state index contributed by atoms with van der Waals surface area (Å²) in [5.41, 5.74) is 0.544. The van der Waals surface area contributed by atoms with E-state index in [0.717, 1.165) is 0 Å². The van der Waals surface area contributed by atoms with Crippen LogP contribution in [0.25, 0.3) is 0 Å². The predicted octanol–water partition coefficient (Wildman–Crippen LogP) is 0.916. The number of hydrogen-bond donors (Lipinski definition) is 0. The summed E-state index contributed by atoms with van der Waals surface area (Å²) >= 11 is 0. The van der Waals surface area contributed by atoms with Crippen molar-refractivity contribution in [1.29, 1.82) is 0 Å². The smallest absolute Gasteiger partial charge is 0.308 e. The average Bonchev–Trinajstić information content (AvgIpc) is 2.47. The highest BCUT2D eigenvalue weighted by molar-refractivity contribution is 5.94. The van der Waals surface area contributed by atoms with E-state index in [0.29, 0.717) is 37.5 Å². The van der Waals surface area contributed by atoms with Crippen molar-refractivity contribution in [3.63, 3.8) is 0 Å². The van der Waals surface area contributed by atoms with Crippen molar-refractivity contribution in [3.8, 4) is 5.75 Å². The molecule has 1 aromatic rings. The number of nitrogens with zero attached hydrogens (tertiary/aromatic N) is 2. The van der Waals surface area contributed by atoms with Gasteiger partial charge in [-0.2, -0.15) is 0 Å². The number of rotatable bonds is 2. The Morgan fingerprint density at radius 1 is 0.905 bits per heavy atom. The van der Waals surface area contributed by atoms with Crippen LogP contribution in [0.15, 0.2) is 24.3 Å². The van der Waals surface area contributed by atoms with Crippen LogP contribution >= 0.6 is 0 Å². The minimum atomic E-state index is -0.394. The van der Waals surface area contributed by atoms with E-state index in [2.05, 4.69) is 0 Å². The van der Waals surface area contributed by atoms with Gasteiger partial charge >= 0.3 is 5.97 Å². The minimum absolute atomic E-state index is 0.0350. The molecule has 2 rings (SSSR count). The lowest BCUT2D eigenvalue weighted by Gasteiger charge is -2.34. The van der Waals surface area contributed by atoms with Gasteiger partial charge in [0.1, 0.15) is 5.75 Å². The van der Waals surface area contributed by atoms with Crippen molar-refractivity contribution in [2.45, 2.75) is 13.8 Å². The molecule has 2 amide bonds. The molecule has 6 nitrogen and oxygen atoms in total. The quantitative estimate of drug-likeness (QED) is 0.600. The highest BCUT2D eigenvalue weighted by Gasteiger charge is 2.23. The fourth-order valence-electron chi connectivity index (χ4n) is 2.24. The maximum Gasteiger partial charge on any atom is 0.308 e. The Balaban J connectivity index is 1.97. The third kappa shape index (κ3) is 3.81. The molecule has 0 atom stereocenters. The summed E-state index contributed by atoms with van der Waals surface area (Å²) < 4.78 is 4.93. The van der Waals surface area contributed by atoms with E-state index in [-0.39, 0.29) is 11.8 Å². The van der Waals surface area contributed by atoms with Gasteiger partial charge in [0, 0.05) is 45.6 Å². The zero-order chi connectivity index (χ0) is 15.4. The monoisotopic (exact) mass is 290 g/mol. The number of benzene rings is 1. The van der Waals surface area contributed by atoms with Gasteiger partial charge in [-0.3, -0.25) is 14.4 Å². The summed E-state index contributed by atoms with van der Waals surface area (Å²) in [7, 11) is 0. The van der Waals surface area contributed by atoms with E-state index >= 15 is 0 Å². The molecule has 1 aliphatic heterocycles. The fraction of sp³-hybridized carbons (Fsp3) is 0.400. The summed E-state index contributed by atoms with van der Waals surface area (Å²) in [4.78, 5) is 37.9. The van der Waals surface area contributed by atoms with Gasteiger partial charge in [0.05, 0.1) is 0 Å². The molecule has 1 saturated heterocycles. The standard InChI is InChI=1S/C15H18N2O4/c1-11(18)16-7-9-17(10-8-16)15(20)13-3-5-14(6-4-13)21-12(2)19/h3-6H,7-10H2,1-2H3. The SMILES string of the molecule is CC(=O)Oc1ccc(C(=O)N2CCN(C(C)=O)CC2)cc1. The summed E-state index contributed by atoms with van der Waals surface area (Å²) in [6.45, 7) is 5.05.